The standard InChI is InChI=1S/C15H19N3OS/c1-11(19)18-8-7-12(10-18)9-17(2)15-16-13-5-3-4-6-14(13)20-15/h3-6,12H,7-10H2,1-2H3. The number of hydrogen-bond acceptors (Lipinski definition) is 4. The number of carbonyl (C=O) groups is 1. The number of carbonyl (C=O) groups excluding carboxylic acids is 1. The first kappa shape index (κ1) is 13.4. The number of nitrogens with zero attached hydrogens (tertiary/aromatic N) is 3. The minimum absolute atomic E-state index is 0.190. The molecule has 0 spiro atoms. The predicted octanol–water partition coefficient (Wildman–Crippen LogP) is 2.60. The van der Waals surface area contributed by atoms with Crippen LogP contribution in [0.1, 0.15) is 13.3 Å². The van der Waals surface area contributed by atoms with Crippen molar-refractivity contribution in [2.75, 3.05) is 31.6 Å². The van der Waals surface area contributed by atoms with E-state index in [0.717, 1.165) is 36.7 Å². The lowest BCUT2D eigenvalue weighted by atomic mass is 10.1. The molecule has 0 bridgehead atoms. The minimum atomic E-state index is 0.190. The quantitative estimate of drug-likeness (QED) is 0.871. The molecule has 1 aliphatic heterocycles. The molecule has 0 saturated carbocycles. The van der Waals surface area contributed by atoms with E-state index >= 15 is 0 Å². The summed E-state index contributed by atoms with van der Waals surface area (Å²) >= 11 is 1.73. The van der Waals surface area contributed by atoms with Gasteiger partial charge in [-0.2, -0.15) is 0 Å². The van der Waals surface area contributed by atoms with Gasteiger partial charge in [-0.1, -0.05) is 23.5 Å². The third-order valence-electron chi connectivity index (χ3n) is 3.87. The van der Waals surface area contributed by atoms with E-state index in [1.54, 1.807) is 18.3 Å². The Morgan fingerprint density at radius 2 is 2.30 bits per heavy atom. The van der Waals surface area contributed by atoms with Crippen molar-refractivity contribution >= 4 is 32.6 Å². The van der Waals surface area contributed by atoms with Crippen molar-refractivity contribution in [1.29, 1.82) is 0 Å². The summed E-state index contributed by atoms with van der Waals surface area (Å²) in [4.78, 5) is 20.2. The molecule has 1 atom stereocenters. The Morgan fingerprint density at radius 1 is 1.50 bits per heavy atom. The molecule has 0 radical (unpaired) electrons. The molecule has 4 nitrogen and oxygen atoms in total. The van der Waals surface area contributed by atoms with Gasteiger partial charge in [0.25, 0.3) is 0 Å². The van der Waals surface area contributed by atoms with Crippen molar-refractivity contribution in [3.05, 3.63) is 24.3 Å². The minimum Gasteiger partial charge on any atom is -0.351 e. The molecule has 1 aromatic heterocycles. The monoisotopic (exact) mass is 289 g/mol. The Balaban J connectivity index is 1.67. The van der Waals surface area contributed by atoms with Gasteiger partial charge in [0.2, 0.25) is 5.91 Å². The maximum atomic E-state index is 11.4. The lowest BCUT2D eigenvalue weighted by Gasteiger charge is -2.20. The topological polar surface area (TPSA) is 36.4 Å². The van der Waals surface area contributed by atoms with Gasteiger partial charge >= 0.3 is 0 Å². The van der Waals surface area contributed by atoms with E-state index in [1.807, 2.05) is 17.0 Å². The first-order valence-corrected chi connectivity index (χ1v) is 7.77. The third kappa shape index (κ3) is 2.63. The molecule has 1 fully saturated rings. The maximum Gasteiger partial charge on any atom is 0.219 e. The van der Waals surface area contributed by atoms with Crippen LogP contribution in [-0.2, 0) is 4.79 Å². The molecular weight excluding hydrogens is 270 g/mol. The number of rotatable bonds is 3. The largest absolute Gasteiger partial charge is 0.351 e. The molecule has 2 aromatic rings. The summed E-state index contributed by atoms with van der Waals surface area (Å²) in [6, 6.07) is 8.23. The molecule has 0 aliphatic carbocycles. The number of thiazole rings is 1. The smallest absolute Gasteiger partial charge is 0.219 e. The Morgan fingerprint density at radius 3 is 3.00 bits per heavy atom. The number of likely N-dealkylation sites (tertiary alicyclic amines) is 1. The highest BCUT2D eigenvalue weighted by atomic mass is 32.1. The molecule has 106 valence electrons. The summed E-state index contributed by atoms with van der Waals surface area (Å²) < 4.78 is 1.23. The summed E-state index contributed by atoms with van der Waals surface area (Å²) in [5, 5.41) is 1.06. The summed E-state index contributed by atoms with van der Waals surface area (Å²) in [6.45, 7) is 4.39. The Bertz CT molecular complexity index is 591. The second-order valence-corrected chi connectivity index (χ2v) is 6.47. The van der Waals surface area contributed by atoms with Crippen LogP contribution in [0.5, 0.6) is 0 Å². The van der Waals surface area contributed by atoms with Gasteiger partial charge in [-0.15, -0.1) is 0 Å². The number of hydrogen-bond donors (Lipinski definition) is 0. The van der Waals surface area contributed by atoms with Crippen molar-refractivity contribution in [2.24, 2.45) is 5.92 Å². The molecule has 5 heteroatoms. The second-order valence-electron chi connectivity index (χ2n) is 5.46. The molecule has 2 heterocycles. The fraction of sp³-hybridized carbons (Fsp3) is 0.467. The first-order valence-electron chi connectivity index (χ1n) is 6.95. The van der Waals surface area contributed by atoms with Gasteiger partial charge in [0.15, 0.2) is 5.13 Å². The Hall–Kier alpha value is -1.62. The Kier molecular flexibility index (Phi) is 3.61. The highest BCUT2D eigenvalue weighted by molar-refractivity contribution is 7.22. The number of aromatic nitrogens is 1. The summed E-state index contributed by atoms with van der Waals surface area (Å²) in [5.74, 6) is 0.742. The highest BCUT2D eigenvalue weighted by Crippen LogP contribution is 2.29. The molecule has 1 amide bonds. The number of fused-ring (bicyclic) bond motifs is 1. The van der Waals surface area contributed by atoms with Gasteiger partial charge in [-0.25, -0.2) is 4.98 Å². The van der Waals surface area contributed by atoms with Crippen LogP contribution in [0.4, 0.5) is 5.13 Å². The summed E-state index contributed by atoms with van der Waals surface area (Å²) in [5.41, 5.74) is 1.07. The van der Waals surface area contributed by atoms with E-state index in [4.69, 9.17) is 0 Å². The lowest BCUT2D eigenvalue weighted by Crippen LogP contribution is -2.30. The van der Waals surface area contributed by atoms with E-state index < -0.39 is 0 Å². The van der Waals surface area contributed by atoms with E-state index in [9.17, 15) is 4.79 Å². The van der Waals surface area contributed by atoms with Crippen LogP contribution in [0.2, 0.25) is 0 Å². The highest BCUT2D eigenvalue weighted by Gasteiger charge is 2.25. The molecule has 0 N–H and O–H groups in total. The zero-order valence-electron chi connectivity index (χ0n) is 11.9. The fourth-order valence-corrected chi connectivity index (χ4v) is 3.69. The number of anilines is 1. The molecule has 20 heavy (non-hydrogen) atoms. The van der Waals surface area contributed by atoms with Crippen LogP contribution in [0, 0.1) is 5.92 Å². The van der Waals surface area contributed by atoms with Crippen molar-refractivity contribution < 1.29 is 4.79 Å². The van der Waals surface area contributed by atoms with Gasteiger partial charge in [-0.3, -0.25) is 4.79 Å². The van der Waals surface area contributed by atoms with E-state index in [0.29, 0.717) is 5.92 Å². The predicted molar refractivity (Wildman–Crippen MR) is 83.3 cm³/mol. The van der Waals surface area contributed by atoms with Crippen molar-refractivity contribution in [1.82, 2.24) is 9.88 Å². The molecule has 1 unspecified atom stereocenters. The molecule has 1 aromatic carbocycles. The van der Waals surface area contributed by atoms with Crippen LogP contribution < -0.4 is 4.90 Å². The number of para-hydroxylation sites is 1. The molecular formula is C15H19N3OS. The van der Waals surface area contributed by atoms with Gasteiger partial charge in [-0.05, 0) is 24.5 Å². The molecule has 3 rings (SSSR count). The number of amides is 1. The molecule has 1 saturated heterocycles. The van der Waals surface area contributed by atoms with Crippen LogP contribution in [0.25, 0.3) is 10.2 Å². The normalized spacial score (nSPS) is 18.7. The van der Waals surface area contributed by atoms with Crippen LogP contribution in [0.15, 0.2) is 24.3 Å². The number of benzene rings is 1. The van der Waals surface area contributed by atoms with Crippen LogP contribution in [0.3, 0.4) is 0 Å². The van der Waals surface area contributed by atoms with Gasteiger partial charge in [0, 0.05) is 33.6 Å². The SMILES string of the molecule is CC(=O)N1CCC(CN(C)c2nc3ccccc3s2)C1. The fourth-order valence-electron chi connectivity index (χ4n) is 2.76. The van der Waals surface area contributed by atoms with E-state index in [1.165, 1.54) is 4.70 Å². The van der Waals surface area contributed by atoms with Crippen LogP contribution in [-0.4, -0.2) is 42.5 Å². The summed E-state index contributed by atoms with van der Waals surface area (Å²) in [7, 11) is 2.09. The van der Waals surface area contributed by atoms with Crippen LogP contribution >= 0.6 is 11.3 Å². The van der Waals surface area contributed by atoms with Crippen molar-refractivity contribution in [2.45, 2.75) is 13.3 Å². The molecule has 1 aliphatic rings. The lowest BCUT2D eigenvalue weighted by molar-refractivity contribution is -0.127. The van der Waals surface area contributed by atoms with E-state index in [-0.39, 0.29) is 5.91 Å². The maximum absolute atomic E-state index is 11.4. The van der Waals surface area contributed by atoms with Gasteiger partial charge in [0.1, 0.15) is 0 Å². The third-order valence-corrected chi connectivity index (χ3v) is 5.02. The van der Waals surface area contributed by atoms with Crippen molar-refractivity contribution in [3.8, 4) is 0 Å². The first-order chi connectivity index (χ1) is 9.63. The average Bonchev–Trinajstić information content (AvgIpc) is 3.04. The zero-order chi connectivity index (χ0) is 14.1. The van der Waals surface area contributed by atoms with Gasteiger partial charge < -0.3 is 9.80 Å². The zero-order valence-corrected chi connectivity index (χ0v) is 12.7. The Labute approximate surface area is 123 Å². The van der Waals surface area contributed by atoms with E-state index in [2.05, 4.69) is 29.1 Å². The summed E-state index contributed by atoms with van der Waals surface area (Å²) in [6.07, 6.45) is 1.09. The van der Waals surface area contributed by atoms with Gasteiger partial charge in [0.05, 0.1) is 10.2 Å². The van der Waals surface area contributed by atoms with Crippen molar-refractivity contribution in [3.63, 3.8) is 0 Å². The second kappa shape index (κ2) is 5.40. The average molecular weight is 289 g/mol.